The molecule has 0 aromatic heterocycles. The minimum Gasteiger partial charge on any atom is -0.455 e. The molecule has 0 bridgehead atoms. The number of likely N-dealkylation sites (tertiary alicyclic amines) is 1. The Balaban J connectivity index is 1.05. The van der Waals surface area contributed by atoms with Crippen LogP contribution in [0.5, 0.6) is 11.5 Å². The summed E-state index contributed by atoms with van der Waals surface area (Å²) < 4.78 is 11.7. The van der Waals surface area contributed by atoms with Crippen molar-refractivity contribution in [2.45, 2.75) is 52.2 Å². The van der Waals surface area contributed by atoms with Crippen LogP contribution in [0.15, 0.2) is 78.9 Å². The van der Waals surface area contributed by atoms with Crippen molar-refractivity contribution < 1.29 is 19.1 Å². The van der Waals surface area contributed by atoms with Crippen LogP contribution in [-0.2, 0) is 11.3 Å². The molecule has 1 spiro atoms. The maximum absolute atomic E-state index is 12.7. The molecule has 1 aliphatic heterocycles. The molecular weight excluding hydrogens is 514 g/mol. The van der Waals surface area contributed by atoms with Gasteiger partial charge in [0.15, 0.2) is 5.75 Å². The smallest absolute Gasteiger partial charge is 0.412 e. The van der Waals surface area contributed by atoms with Gasteiger partial charge in [0.2, 0.25) is 0 Å². The number of piperidine rings is 1. The van der Waals surface area contributed by atoms with E-state index < -0.39 is 6.09 Å². The summed E-state index contributed by atoms with van der Waals surface area (Å²) in [5.41, 5.74) is 2.83. The lowest BCUT2D eigenvalue weighted by atomic mass is 9.61. The number of nitrogens with one attached hydrogen (secondary N) is 1. The average Bonchev–Trinajstić information content (AvgIpc) is 2.94. The van der Waals surface area contributed by atoms with Crippen molar-refractivity contribution in [3.63, 3.8) is 0 Å². The molecular formula is C34H41N3O4. The molecule has 1 saturated heterocycles. The van der Waals surface area contributed by atoms with E-state index in [1.807, 2.05) is 73.8 Å². The van der Waals surface area contributed by atoms with E-state index in [0.717, 1.165) is 57.4 Å². The molecule has 216 valence electrons. The lowest BCUT2D eigenvalue weighted by Crippen LogP contribution is -2.50. The maximum atomic E-state index is 12.7. The molecule has 41 heavy (non-hydrogen) atoms. The molecule has 7 heteroatoms. The van der Waals surface area contributed by atoms with Crippen molar-refractivity contribution in [2.24, 2.45) is 11.3 Å². The molecule has 7 nitrogen and oxygen atoms in total. The second-order valence-electron chi connectivity index (χ2n) is 12.0. The number of hydrogen-bond acceptors (Lipinski definition) is 5. The largest absolute Gasteiger partial charge is 0.455 e. The molecule has 5 rings (SSSR count). The van der Waals surface area contributed by atoms with Crippen LogP contribution < -0.4 is 10.1 Å². The van der Waals surface area contributed by atoms with Gasteiger partial charge in [0.05, 0.1) is 5.69 Å². The van der Waals surface area contributed by atoms with E-state index >= 15 is 0 Å². The highest BCUT2D eigenvalue weighted by atomic mass is 16.6. The average molecular weight is 556 g/mol. The Hall–Kier alpha value is -3.84. The summed E-state index contributed by atoms with van der Waals surface area (Å²) in [5.74, 6) is 1.81. The molecule has 0 radical (unpaired) electrons. The van der Waals surface area contributed by atoms with Gasteiger partial charge in [0.25, 0.3) is 5.91 Å². The standard InChI is InChI=1S/C34H41N3O4/c1-25(2)23-36(3)32(38)27-15-13-26(14-16-27)24-37-19-17-34(18-20-37)21-29(22-34)41-33(39)35-30-11-7-8-12-31(30)40-28-9-5-4-6-10-28/h4-16,25,29H,17-24H2,1-3H3,(H,35,39). The number of amides is 2. The number of hydrogen-bond donors (Lipinski definition) is 1. The van der Waals surface area contributed by atoms with Gasteiger partial charge in [-0.05, 0) is 92.1 Å². The first-order valence-electron chi connectivity index (χ1n) is 14.6. The number of para-hydroxylation sites is 3. The summed E-state index contributed by atoms with van der Waals surface area (Å²) in [6.45, 7) is 7.94. The Labute approximate surface area is 243 Å². The fourth-order valence-corrected chi connectivity index (χ4v) is 6.01. The summed E-state index contributed by atoms with van der Waals surface area (Å²) in [5, 5.41) is 2.86. The van der Waals surface area contributed by atoms with Gasteiger partial charge in [-0.1, -0.05) is 56.3 Å². The van der Waals surface area contributed by atoms with Crippen LogP contribution in [-0.4, -0.2) is 54.6 Å². The van der Waals surface area contributed by atoms with Crippen LogP contribution in [0.1, 0.15) is 55.5 Å². The van der Waals surface area contributed by atoms with Crippen LogP contribution >= 0.6 is 0 Å². The molecule has 2 amide bonds. The predicted molar refractivity (Wildman–Crippen MR) is 161 cm³/mol. The summed E-state index contributed by atoms with van der Waals surface area (Å²) in [6, 6.07) is 24.9. The SMILES string of the molecule is CC(C)CN(C)C(=O)c1ccc(CN2CCC3(CC2)CC(OC(=O)Nc2ccccc2Oc2ccccc2)C3)cc1. The molecule has 1 aliphatic carbocycles. The molecule has 3 aromatic rings. The maximum Gasteiger partial charge on any atom is 0.412 e. The van der Waals surface area contributed by atoms with Gasteiger partial charge in [-0.15, -0.1) is 0 Å². The topological polar surface area (TPSA) is 71.1 Å². The first kappa shape index (κ1) is 28.7. The number of carbonyl (C=O) groups excluding carboxylic acids is 2. The van der Waals surface area contributed by atoms with E-state index in [9.17, 15) is 9.59 Å². The van der Waals surface area contributed by atoms with Crippen LogP contribution in [0.25, 0.3) is 0 Å². The van der Waals surface area contributed by atoms with E-state index in [4.69, 9.17) is 9.47 Å². The Morgan fingerprint density at radius 3 is 2.29 bits per heavy atom. The van der Waals surface area contributed by atoms with E-state index in [1.54, 1.807) is 4.90 Å². The number of anilines is 1. The summed E-state index contributed by atoms with van der Waals surface area (Å²) in [6.07, 6.45) is 3.55. The highest BCUT2D eigenvalue weighted by Gasteiger charge is 2.47. The minimum absolute atomic E-state index is 0.0531. The van der Waals surface area contributed by atoms with Crippen molar-refractivity contribution in [3.8, 4) is 11.5 Å². The van der Waals surface area contributed by atoms with Crippen LogP contribution in [0.4, 0.5) is 10.5 Å². The highest BCUT2D eigenvalue weighted by molar-refractivity contribution is 5.94. The van der Waals surface area contributed by atoms with E-state index in [-0.39, 0.29) is 17.4 Å². The van der Waals surface area contributed by atoms with E-state index in [1.165, 1.54) is 5.56 Å². The molecule has 1 N–H and O–H groups in total. The number of ether oxygens (including phenoxy) is 2. The van der Waals surface area contributed by atoms with Crippen molar-refractivity contribution in [3.05, 3.63) is 90.0 Å². The number of benzene rings is 3. The number of nitrogens with zero attached hydrogens (tertiary/aromatic N) is 2. The van der Waals surface area contributed by atoms with Gasteiger partial charge in [-0.3, -0.25) is 15.0 Å². The molecule has 2 fully saturated rings. The third-order valence-electron chi connectivity index (χ3n) is 8.20. The third kappa shape index (κ3) is 7.47. The fraction of sp³-hybridized carbons (Fsp3) is 0.412. The minimum atomic E-state index is -0.441. The zero-order chi connectivity index (χ0) is 28.8. The second-order valence-corrected chi connectivity index (χ2v) is 12.0. The van der Waals surface area contributed by atoms with E-state index in [0.29, 0.717) is 23.1 Å². The lowest BCUT2D eigenvalue weighted by Gasteiger charge is -2.51. The molecule has 0 unspecified atom stereocenters. The first-order valence-corrected chi connectivity index (χ1v) is 14.6. The van der Waals surface area contributed by atoms with Crippen molar-refractivity contribution in [2.75, 3.05) is 32.0 Å². The van der Waals surface area contributed by atoms with E-state index in [2.05, 4.69) is 36.2 Å². The normalized spacial score (nSPS) is 16.7. The van der Waals surface area contributed by atoms with Gasteiger partial charge in [0.1, 0.15) is 11.9 Å². The summed E-state index contributed by atoms with van der Waals surface area (Å²) in [7, 11) is 1.86. The zero-order valence-corrected chi connectivity index (χ0v) is 24.3. The Morgan fingerprint density at radius 1 is 0.951 bits per heavy atom. The van der Waals surface area contributed by atoms with Crippen LogP contribution in [0.3, 0.4) is 0 Å². The van der Waals surface area contributed by atoms with Gasteiger partial charge < -0.3 is 14.4 Å². The quantitative estimate of drug-likeness (QED) is 0.302. The number of rotatable bonds is 9. The monoisotopic (exact) mass is 555 g/mol. The van der Waals surface area contributed by atoms with Crippen LogP contribution in [0.2, 0.25) is 0 Å². The van der Waals surface area contributed by atoms with Gasteiger partial charge >= 0.3 is 6.09 Å². The predicted octanol–water partition coefficient (Wildman–Crippen LogP) is 7.20. The van der Waals surface area contributed by atoms with Crippen molar-refractivity contribution in [1.82, 2.24) is 9.80 Å². The highest BCUT2D eigenvalue weighted by Crippen LogP contribution is 2.50. The summed E-state index contributed by atoms with van der Waals surface area (Å²) in [4.78, 5) is 29.6. The van der Waals surface area contributed by atoms with Gasteiger partial charge in [0, 0.05) is 25.7 Å². The first-order chi connectivity index (χ1) is 19.8. The van der Waals surface area contributed by atoms with Gasteiger partial charge in [-0.25, -0.2) is 4.79 Å². The molecule has 0 atom stereocenters. The summed E-state index contributed by atoms with van der Waals surface area (Å²) >= 11 is 0. The Bertz CT molecular complexity index is 1310. The lowest BCUT2D eigenvalue weighted by molar-refractivity contribution is -0.0714. The molecule has 2 aliphatic rings. The van der Waals surface area contributed by atoms with Gasteiger partial charge in [-0.2, -0.15) is 0 Å². The van der Waals surface area contributed by atoms with Crippen molar-refractivity contribution in [1.29, 1.82) is 0 Å². The molecule has 1 heterocycles. The number of carbonyl (C=O) groups is 2. The Kier molecular flexibility index (Phi) is 8.93. The zero-order valence-electron chi connectivity index (χ0n) is 24.3. The Morgan fingerprint density at radius 2 is 1.61 bits per heavy atom. The van der Waals surface area contributed by atoms with Crippen molar-refractivity contribution >= 4 is 17.7 Å². The third-order valence-corrected chi connectivity index (χ3v) is 8.20. The fourth-order valence-electron chi connectivity index (χ4n) is 6.01. The molecule has 3 aromatic carbocycles. The van der Waals surface area contributed by atoms with Crippen LogP contribution in [0, 0.1) is 11.3 Å². The molecule has 1 saturated carbocycles. The second kappa shape index (κ2) is 12.8.